The molecule has 0 aliphatic carbocycles. The fraction of sp³-hybridized carbons (Fsp3) is 0.571. The summed E-state index contributed by atoms with van der Waals surface area (Å²) in [6, 6.07) is 7.23. The van der Waals surface area contributed by atoms with Gasteiger partial charge in [-0.3, -0.25) is 4.90 Å². The molecule has 1 heterocycles. The van der Waals surface area contributed by atoms with Crippen LogP contribution in [0.15, 0.2) is 24.3 Å². The molecule has 17 heavy (non-hydrogen) atoms. The highest BCUT2D eigenvalue weighted by atomic mass is 19.1. The van der Waals surface area contributed by atoms with Crippen LogP contribution >= 0.6 is 0 Å². The summed E-state index contributed by atoms with van der Waals surface area (Å²) < 4.78 is 13.0. The van der Waals surface area contributed by atoms with Gasteiger partial charge in [0.15, 0.2) is 0 Å². The molecule has 2 rings (SSSR count). The molecule has 1 aromatic carbocycles. The van der Waals surface area contributed by atoms with E-state index in [-0.39, 0.29) is 12.0 Å². The highest BCUT2D eigenvalue weighted by Gasteiger charge is 2.26. The van der Waals surface area contributed by atoms with Crippen LogP contribution in [0.1, 0.15) is 31.7 Å². The summed E-state index contributed by atoms with van der Waals surface area (Å²) in [4.78, 5) is 2.14. The number of aliphatic hydroxyl groups excluding tert-OH is 1. The Bertz CT molecular complexity index is 367. The van der Waals surface area contributed by atoms with Gasteiger partial charge in [0.2, 0.25) is 0 Å². The van der Waals surface area contributed by atoms with Gasteiger partial charge in [0.05, 0.1) is 0 Å². The molecule has 0 amide bonds. The van der Waals surface area contributed by atoms with E-state index in [4.69, 9.17) is 0 Å². The van der Waals surface area contributed by atoms with Crippen molar-refractivity contribution in [3.8, 4) is 0 Å². The molecule has 1 aromatic rings. The SMILES string of the molecule is CC(O)N1CCC[C@@H]1CCc1cccc(F)c1. The first-order valence-corrected chi connectivity index (χ1v) is 6.35. The molecule has 1 fully saturated rings. The largest absolute Gasteiger partial charge is 0.379 e. The Balaban J connectivity index is 1.89. The molecule has 0 saturated carbocycles. The second kappa shape index (κ2) is 5.61. The third kappa shape index (κ3) is 3.27. The van der Waals surface area contributed by atoms with E-state index in [0.29, 0.717) is 6.04 Å². The van der Waals surface area contributed by atoms with Gasteiger partial charge < -0.3 is 5.11 Å². The molecule has 0 radical (unpaired) electrons. The molecule has 2 atom stereocenters. The average Bonchev–Trinajstić information content (AvgIpc) is 2.74. The molecule has 1 aliphatic rings. The second-order valence-corrected chi connectivity index (χ2v) is 4.83. The summed E-state index contributed by atoms with van der Waals surface area (Å²) in [6.45, 7) is 2.80. The molecule has 0 aromatic heterocycles. The maximum absolute atomic E-state index is 13.0. The average molecular weight is 237 g/mol. The van der Waals surface area contributed by atoms with Crippen molar-refractivity contribution >= 4 is 0 Å². The maximum Gasteiger partial charge on any atom is 0.123 e. The van der Waals surface area contributed by atoms with Gasteiger partial charge >= 0.3 is 0 Å². The van der Waals surface area contributed by atoms with Gasteiger partial charge in [-0.05, 0) is 50.3 Å². The zero-order valence-electron chi connectivity index (χ0n) is 10.3. The standard InChI is InChI=1S/C14H20FNO/c1-11(17)16-9-3-6-14(16)8-7-12-4-2-5-13(15)10-12/h2,4-5,10-11,14,17H,3,6-9H2,1H3/t11?,14-/m1/s1. The number of nitrogens with zero attached hydrogens (tertiary/aromatic N) is 1. The third-order valence-electron chi connectivity index (χ3n) is 3.56. The van der Waals surface area contributed by atoms with Crippen LogP contribution < -0.4 is 0 Å². The van der Waals surface area contributed by atoms with E-state index in [9.17, 15) is 9.50 Å². The van der Waals surface area contributed by atoms with Crippen LogP contribution in [0.4, 0.5) is 4.39 Å². The topological polar surface area (TPSA) is 23.5 Å². The molecule has 3 heteroatoms. The van der Waals surface area contributed by atoms with E-state index < -0.39 is 0 Å². The minimum atomic E-state index is -0.366. The van der Waals surface area contributed by atoms with Crippen LogP contribution in [-0.2, 0) is 6.42 Å². The third-order valence-corrected chi connectivity index (χ3v) is 3.56. The zero-order valence-corrected chi connectivity index (χ0v) is 10.3. The lowest BCUT2D eigenvalue weighted by Gasteiger charge is -2.27. The predicted molar refractivity (Wildman–Crippen MR) is 66.1 cm³/mol. The predicted octanol–water partition coefficient (Wildman–Crippen LogP) is 2.56. The molecule has 0 bridgehead atoms. The Labute approximate surface area is 102 Å². The van der Waals surface area contributed by atoms with Crippen molar-refractivity contribution in [1.29, 1.82) is 0 Å². The van der Waals surface area contributed by atoms with Crippen molar-refractivity contribution in [1.82, 2.24) is 4.90 Å². The number of aryl methyl sites for hydroxylation is 1. The fourth-order valence-electron chi connectivity index (χ4n) is 2.69. The van der Waals surface area contributed by atoms with Gasteiger partial charge in [0, 0.05) is 12.6 Å². The van der Waals surface area contributed by atoms with Gasteiger partial charge in [0.25, 0.3) is 0 Å². The summed E-state index contributed by atoms with van der Waals surface area (Å²) in [5.41, 5.74) is 1.04. The molecule has 1 saturated heterocycles. The van der Waals surface area contributed by atoms with Crippen molar-refractivity contribution in [2.24, 2.45) is 0 Å². The number of benzene rings is 1. The minimum Gasteiger partial charge on any atom is -0.379 e. The fourth-order valence-corrected chi connectivity index (χ4v) is 2.69. The van der Waals surface area contributed by atoms with Crippen molar-refractivity contribution in [3.05, 3.63) is 35.6 Å². The van der Waals surface area contributed by atoms with Crippen LogP contribution in [0.3, 0.4) is 0 Å². The summed E-state index contributed by atoms with van der Waals surface area (Å²) in [6.07, 6.45) is 3.80. The first-order chi connectivity index (χ1) is 8.16. The monoisotopic (exact) mass is 237 g/mol. The van der Waals surface area contributed by atoms with Gasteiger partial charge in [-0.2, -0.15) is 0 Å². The minimum absolute atomic E-state index is 0.165. The molecular weight excluding hydrogens is 217 g/mol. The molecule has 1 N–H and O–H groups in total. The highest BCUT2D eigenvalue weighted by molar-refractivity contribution is 5.16. The Kier molecular flexibility index (Phi) is 4.13. The van der Waals surface area contributed by atoms with Crippen LogP contribution in [0.5, 0.6) is 0 Å². The van der Waals surface area contributed by atoms with E-state index in [2.05, 4.69) is 4.90 Å². The van der Waals surface area contributed by atoms with Gasteiger partial charge in [-0.25, -0.2) is 4.39 Å². The smallest absolute Gasteiger partial charge is 0.123 e. The Hall–Kier alpha value is -0.930. The van der Waals surface area contributed by atoms with Gasteiger partial charge in [-0.1, -0.05) is 12.1 Å². The molecule has 2 nitrogen and oxygen atoms in total. The normalized spacial score (nSPS) is 22.9. The number of halogens is 1. The van der Waals surface area contributed by atoms with Crippen LogP contribution in [0.25, 0.3) is 0 Å². The van der Waals surface area contributed by atoms with Crippen LogP contribution in [-0.4, -0.2) is 28.8 Å². The molecule has 1 aliphatic heterocycles. The Morgan fingerprint density at radius 1 is 1.53 bits per heavy atom. The molecule has 1 unspecified atom stereocenters. The highest BCUT2D eigenvalue weighted by Crippen LogP contribution is 2.23. The summed E-state index contributed by atoms with van der Waals surface area (Å²) in [5, 5.41) is 9.63. The van der Waals surface area contributed by atoms with Crippen molar-refractivity contribution in [3.63, 3.8) is 0 Å². The molecular formula is C14H20FNO. The number of rotatable bonds is 4. The van der Waals surface area contributed by atoms with E-state index in [1.807, 2.05) is 13.0 Å². The van der Waals surface area contributed by atoms with E-state index in [0.717, 1.165) is 37.8 Å². The summed E-state index contributed by atoms with van der Waals surface area (Å²) in [7, 11) is 0. The van der Waals surface area contributed by atoms with Crippen LogP contribution in [0.2, 0.25) is 0 Å². The zero-order chi connectivity index (χ0) is 12.3. The second-order valence-electron chi connectivity index (χ2n) is 4.83. The summed E-state index contributed by atoms with van der Waals surface area (Å²) >= 11 is 0. The van der Waals surface area contributed by atoms with Crippen molar-refractivity contribution in [2.45, 2.75) is 44.9 Å². The van der Waals surface area contributed by atoms with Crippen molar-refractivity contribution in [2.75, 3.05) is 6.54 Å². The Morgan fingerprint density at radius 3 is 3.06 bits per heavy atom. The molecule has 0 spiro atoms. The number of hydrogen-bond acceptors (Lipinski definition) is 2. The van der Waals surface area contributed by atoms with E-state index in [1.165, 1.54) is 6.07 Å². The first kappa shape index (κ1) is 12.5. The summed E-state index contributed by atoms with van der Waals surface area (Å²) in [5.74, 6) is -0.165. The number of hydrogen-bond donors (Lipinski definition) is 1. The van der Waals surface area contributed by atoms with Gasteiger partial charge in [-0.15, -0.1) is 0 Å². The Morgan fingerprint density at radius 2 is 2.35 bits per heavy atom. The van der Waals surface area contributed by atoms with Gasteiger partial charge in [0.1, 0.15) is 12.0 Å². The van der Waals surface area contributed by atoms with Crippen molar-refractivity contribution < 1.29 is 9.50 Å². The van der Waals surface area contributed by atoms with E-state index >= 15 is 0 Å². The van der Waals surface area contributed by atoms with E-state index in [1.54, 1.807) is 12.1 Å². The number of aliphatic hydroxyl groups is 1. The quantitative estimate of drug-likeness (QED) is 0.870. The lowest BCUT2D eigenvalue weighted by atomic mass is 10.0. The lowest BCUT2D eigenvalue weighted by Crippen LogP contribution is -2.37. The first-order valence-electron chi connectivity index (χ1n) is 6.35. The van der Waals surface area contributed by atoms with Crippen LogP contribution in [0, 0.1) is 5.82 Å². The maximum atomic E-state index is 13.0. The lowest BCUT2D eigenvalue weighted by molar-refractivity contribution is 0.00789. The number of likely N-dealkylation sites (tertiary alicyclic amines) is 1. The molecule has 94 valence electrons.